The van der Waals surface area contributed by atoms with E-state index in [1.807, 2.05) is 30.3 Å². The average Bonchev–Trinajstić information content (AvgIpc) is 2.70. The molecule has 0 aliphatic carbocycles. The quantitative estimate of drug-likeness (QED) is 0.413. The van der Waals surface area contributed by atoms with Crippen molar-refractivity contribution < 1.29 is 14.3 Å². The number of hydrazine groups is 1. The van der Waals surface area contributed by atoms with Gasteiger partial charge in [-0.2, -0.15) is 0 Å². The molecule has 144 valence electrons. The van der Waals surface area contributed by atoms with Crippen molar-refractivity contribution in [1.29, 1.82) is 0 Å². The van der Waals surface area contributed by atoms with Gasteiger partial charge in [0.15, 0.2) is 5.11 Å². The molecule has 0 aliphatic rings. The molecular weight excluding hydrogens is 362 g/mol. The molecule has 0 aliphatic heterocycles. The highest BCUT2D eigenvalue weighted by Crippen LogP contribution is 2.14. The standard InChI is InChI=1S/C20H25N3O3S/c1-23(20(27)21-13-6-14-25-2)22-19(24)17-9-11-18(12-10-17)26-15-16-7-4-3-5-8-16/h3-5,7-12H,6,13-15H2,1-2H3,(H,21,27)(H,22,24). The SMILES string of the molecule is COCCCNC(=S)N(C)NC(=O)c1ccc(OCc2ccccc2)cc1. The molecule has 0 atom stereocenters. The van der Waals surface area contributed by atoms with E-state index in [0.717, 1.165) is 12.0 Å². The topological polar surface area (TPSA) is 62.8 Å². The van der Waals surface area contributed by atoms with Crippen molar-refractivity contribution in [2.45, 2.75) is 13.0 Å². The smallest absolute Gasteiger partial charge is 0.269 e. The summed E-state index contributed by atoms with van der Waals surface area (Å²) in [4.78, 5) is 12.3. The van der Waals surface area contributed by atoms with E-state index in [9.17, 15) is 4.79 Å². The summed E-state index contributed by atoms with van der Waals surface area (Å²) in [5.41, 5.74) is 4.35. The maximum absolute atomic E-state index is 12.3. The highest BCUT2D eigenvalue weighted by Gasteiger charge is 2.10. The van der Waals surface area contributed by atoms with Crippen LogP contribution < -0.4 is 15.5 Å². The number of nitrogens with zero attached hydrogens (tertiary/aromatic N) is 1. The number of hydrogen-bond acceptors (Lipinski definition) is 4. The van der Waals surface area contributed by atoms with Crippen LogP contribution in [0, 0.1) is 0 Å². The molecular formula is C20H25N3O3S. The fourth-order valence-corrected chi connectivity index (χ4v) is 2.39. The second kappa shape index (κ2) is 11.2. The molecule has 2 aromatic rings. The van der Waals surface area contributed by atoms with Crippen LogP contribution in [0.3, 0.4) is 0 Å². The normalized spacial score (nSPS) is 10.1. The fraction of sp³-hybridized carbons (Fsp3) is 0.300. The molecule has 0 spiro atoms. The number of rotatable bonds is 8. The average molecular weight is 388 g/mol. The molecule has 6 nitrogen and oxygen atoms in total. The minimum Gasteiger partial charge on any atom is -0.489 e. The third kappa shape index (κ3) is 7.24. The predicted molar refractivity (Wildman–Crippen MR) is 110 cm³/mol. The van der Waals surface area contributed by atoms with Crippen LogP contribution in [0.4, 0.5) is 0 Å². The number of benzene rings is 2. The number of methoxy groups -OCH3 is 1. The summed E-state index contributed by atoms with van der Waals surface area (Å²) < 4.78 is 10.7. The lowest BCUT2D eigenvalue weighted by molar-refractivity contribution is 0.0886. The van der Waals surface area contributed by atoms with Gasteiger partial charge in [0.2, 0.25) is 0 Å². The Kier molecular flexibility index (Phi) is 8.54. The first-order valence-electron chi connectivity index (χ1n) is 8.68. The summed E-state index contributed by atoms with van der Waals surface area (Å²) >= 11 is 5.24. The molecule has 0 heterocycles. The fourth-order valence-electron chi connectivity index (χ4n) is 2.24. The number of amides is 1. The Labute approximate surface area is 165 Å². The molecule has 7 heteroatoms. The van der Waals surface area contributed by atoms with Crippen molar-refractivity contribution in [3.05, 3.63) is 65.7 Å². The third-order valence-electron chi connectivity index (χ3n) is 3.74. The van der Waals surface area contributed by atoms with Gasteiger partial charge in [-0.1, -0.05) is 30.3 Å². The molecule has 0 aromatic heterocycles. The molecule has 0 radical (unpaired) electrons. The number of carbonyl (C=O) groups is 1. The van der Waals surface area contributed by atoms with Crippen LogP contribution in [-0.4, -0.2) is 43.3 Å². The van der Waals surface area contributed by atoms with Gasteiger partial charge < -0.3 is 14.8 Å². The maximum Gasteiger partial charge on any atom is 0.269 e. The van der Waals surface area contributed by atoms with Gasteiger partial charge in [-0.25, -0.2) is 0 Å². The molecule has 0 unspecified atom stereocenters. The lowest BCUT2D eigenvalue weighted by Gasteiger charge is -2.21. The minimum atomic E-state index is -0.242. The summed E-state index contributed by atoms with van der Waals surface area (Å²) in [6, 6.07) is 16.9. The second-order valence-corrected chi connectivity index (χ2v) is 6.26. The first kappa shape index (κ1) is 20.7. The van der Waals surface area contributed by atoms with Crippen molar-refractivity contribution >= 4 is 23.2 Å². The summed E-state index contributed by atoms with van der Waals surface area (Å²) in [7, 11) is 3.35. The van der Waals surface area contributed by atoms with Gasteiger partial charge in [0, 0.05) is 32.9 Å². The third-order valence-corrected chi connectivity index (χ3v) is 4.16. The number of carbonyl (C=O) groups excluding carboxylic acids is 1. The van der Waals surface area contributed by atoms with Gasteiger partial charge >= 0.3 is 0 Å². The van der Waals surface area contributed by atoms with E-state index < -0.39 is 0 Å². The van der Waals surface area contributed by atoms with Gasteiger partial charge in [0.25, 0.3) is 5.91 Å². The zero-order chi connectivity index (χ0) is 19.5. The molecule has 27 heavy (non-hydrogen) atoms. The van der Waals surface area contributed by atoms with E-state index >= 15 is 0 Å². The van der Waals surface area contributed by atoms with Crippen LogP contribution in [0.1, 0.15) is 22.3 Å². The predicted octanol–water partition coefficient (Wildman–Crippen LogP) is 2.75. The first-order valence-corrected chi connectivity index (χ1v) is 9.09. The number of nitrogens with one attached hydrogen (secondary N) is 2. The summed E-state index contributed by atoms with van der Waals surface area (Å²) in [6.07, 6.45) is 0.836. The maximum atomic E-state index is 12.3. The largest absolute Gasteiger partial charge is 0.489 e. The van der Waals surface area contributed by atoms with Crippen LogP contribution in [0.2, 0.25) is 0 Å². The molecule has 0 saturated heterocycles. The Bertz CT molecular complexity index is 723. The van der Waals surface area contributed by atoms with Crippen molar-refractivity contribution in [1.82, 2.24) is 15.8 Å². The number of ether oxygens (including phenoxy) is 2. The van der Waals surface area contributed by atoms with Crippen molar-refractivity contribution in [3.8, 4) is 5.75 Å². The molecule has 1 amide bonds. The summed E-state index contributed by atoms with van der Waals surface area (Å²) in [5, 5.41) is 5.00. The van der Waals surface area contributed by atoms with E-state index in [1.165, 1.54) is 5.01 Å². The van der Waals surface area contributed by atoms with Gasteiger partial charge in [-0.3, -0.25) is 15.2 Å². The minimum absolute atomic E-state index is 0.242. The summed E-state index contributed by atoms with van der Waals surface area (Å²) in [6.45, 7) is 1.82. The monoisotopic (exact) mass is 387 g/mol. The lowest BCUT2D eigenvalue weighted by atomic mass is 10.2. The number of hydrogen-bond donors (Lipinski definition) is 2. The lowest BCUT2D eigenvalue weighted by Crippen LogP contribution is -2.48. The highest BCUT2D eigenvalue weighted by atomic mass is 32.1. The van der Waals surface area contributed by atoms with Crippen molar-refractivity contribution in [2.24, 2.45) is 0 Å². The molecule has 0 bridgehead atoms. The van der Waals surface area contributed by atoms with Gasteiger partial charge in [-0.05, 0) is 48.5 Å². The van der Waals surface area contributed by atoms with E-state index in [1.54, 1.807) is 38.4 Å². The molecule has 2 N–H and O–H groups in total. The summed E-state index contributed by atoms with van der Waals surface area (Å²) in [5.74, 6) is 0.465. The molecule has 0 fully saturated rings. The first-order chi connectivity index (χ1) is 13.1. The Hall–Kier alpha value is -2.64. The Morgan fingerprint density at radius 3 is 2.48 bits per heavy atom. The van der Waals surface area contributed by atoms with Crippen molar-refractivity contribution in [2.75, 3.05) is 27.3 Å². The zero-order valence-corrected chi connectivity index (χ0v) is 16.4. The molecule has 0 saturated carbocycles. The van der Waals surface area contributed by atoms with E-state index in [0.29, 0.717) is 36.2 Å². The van der Waals surface area contributed by atoms with Gasteiger partial charge in [-0.15, -0.1) is 0 Å². The molecule has 2 aromatic carbocycles. The Morgan fingerprint density at radius 2 is 1.81 bits per heavy atom. The second-order valence-electron chi connectivity index (χ2n) is 5.88. The van der Waals surface area contributed by atoms with Crippen LogP contribution >= 0.6 is 12.2 Å². The Morgan fingerprint density at radius 1 is 1.11 bits per heavy atom. The Balaban J connectivity index is 1.79. The van der Waals surface area contributed by atoms with Crippen LogP contribution in [-0.2, 0) is 11.3 Å². The van der Waals surface area contributed by atoms with Crippen LogP contribution in [0.5, 0.6) is 5.75 Å². The van der Waals surface area contributed by atoms with Crippen LogP contribution in [0.25, 0.3) is 0 Å². The van der Waals surface area contributed by atoms with E-state index in [4.69, 9.17) is 21.7 Å². The van der Waals surface area contributed by atoms with Gasteiger partial charge in [0.1, 0.15) is 12.4 Å². The van der Waals surface area contributed by atoms with Gasteiger partial charge in [0.05, 0.1) is 0 Å². The van der Waals surface area contributed by atoms with E-state index in [-0.39, 0.29) is 5.91 Å². The highest BCUT2D eigenvalue weighted by molar-refractivity contribution is 7.80. The molecule has 2 rings (SSSR count). The number of thiocarbonyl (C=S) groups is 1. The zero-order valence-electron chi connectivity index (χ0n) is 15.6. The van der Waals surface area contributed by atoms with E-state index in [2.05, 4.69) is 10.7 Å². The van der Waals surface area contributed by atoms with Crippen molar-refractivity contribution in [3.63, 3.8) is 0 Å². The van der Waals surface area contributed by atoms with Crippen LogP contribution in [0.15, 0.2) is 54.6 Å².